The number of carbonyl (C=O) groups excluding carboxylic acids is 2. The summed E-state index contributed by atoms with van der Waals surface area (Å²) in [5.74, 6) is 1.69. The number of piperidine rings is 1. The summed E-state index contributed by atoms with van der Waals surface area (Å²) in [6.07, 6.45) is 6.06. The molecule has 5 nitrogen and oxygen atoms in total. The standard InChI is InChI=1S/C20H35IN3O2/c1-16(25)18-5-7-19(8-6-18)20(26)23-9-3-4-17(15-23)14-22-10-12-24(21-2)13-11-22/h17-19H,3-15H2,1-2H3/q-1. The summed E-state index contributed by atoms with van der Waals surface area (Å²) in [5, 5.41) is 0. The molecule has 0 spiro atoms. The van der Waals surface area contributed by atoms with Gasteiger partial charge in [0, 0.05) is 5.92 Å². The molecule has 150 valence electrons. The van der Waals surface area contributed by atoms with E-state index in [4.69, 9.17) is 0 Å². The number of amides is 1. The number of Topliss-reactive ketones (excluding diaryl/α,β-unsaturated/α-hetero) is 1. The SMILES string of the molecule is C[I-]N1CCN(CC2CCCN(C(=O)C3CCC(C(C)=O)CC3)C2)CC1. The Hall–Kier alpha value is -0.210. The molecule has 0 bridgehead atoms. The predicted octanol–water partition coefficient (Wildman–Crippen LogP) is -1.13. The normalized spacial score (nSPS) is 31.9. The molecule has 3 aliphatic rings. The second kappa shape index (κ2) is 9.82. The Balaban J connectivity index is 1.44. The van der Waals surface area contributed by atoms with E-state index >= 15 is 0 Å². The van der Waals surface area contributed by atoms with Gasteiger partial charge in [0.2, 0.25) is 0 Å². The number of halogens is 1. The number of alkyl halides is 1. The van der Waals surface area contributed by atoms with Gasteiger partial charge in [-0.3, -0.25) is 4.79 Å². The molecule has 0 radical (unpaired) electrons. The van der Waals surface area contributed by atoms with E-state index in [1.165, 1.54) is 32.6 Å². The molecule has 1 saturated carbocycles. The summed E-state index contributed by atoms with van der Waals surface area (Å²) in [5.41, 5.74) is 0. The molecule has 0 aromatic carbocycles. The first-order valence-electron chi connectivity index (χ1n) is 10.3. The van der Waals surface area contributed by atoms with Gasteiger partial charge in [-0.1, -0.05) is 0 Å². The molecule has 6 heteroatoms. The second-order valence-corrected chi connectivity index (χ2v) is 10.7. The van der Waals surface area contributed by atoms with Crippen molar-refractivity contribution < 1.29 is 31.1 Å². The molecule has 2 saturated heterocycles. The van der Waals surface area contributed by atoms with Gasteiger partial charge >= 0.3 is 146 Å². The molecular weight excluding hydrogens is 441 g/mol. The number of hydrogen-bond acceptors (Lipinski definition) is 4. The topological polar surface area (TPSA) is 43.9 Å². The van der Waals surface area contributed by atoms with E-state index in [0.717, 1.165) is 51.7 Å². The quantitative estimate of drug-likeness (QED) is 0.286. The third kappa shape index (κ3) is 5.41. The number of rotatable bonds is 5. The Labute approximate surface area is 169 Å². The maximum absolute atomic E-state index is 13.0. The molecule has 3 rings (SSSR count). The van der Waals surface area contributed by atoms with Crippen LogP contribution in [-0.4, -0.2) is 75.3 Å². The van der Waals surface area contributed by atoms with Crippen molar-refractivity contribution in [3.63, 3.8) is 0 Å². The Bertz CT molecular complexity index is 485. The fraction of sp³-hybridized carbons (Fsp3) is 0.900. The first-order chi connectivity index (χ1) is 12.6. The van der Waals surface area contributed by atoms with Crippen LogP contribution in [0, 0.1) is 17.8 Å². The van der Waals surface area contributed by atoms with E-state index in [1.54, 1.807) is 6.92 Å². The molecule has 26 heavy (non-hydrogen) atoms. The van der Waals surface area contributed by atoms with Gasteiger partial charge in [-0.15, -0.1) is 0 Å². The van der Waals surface area contributed by atoms with E-state index in [2.05, 4.69) is 17.8 Å². The second-order valence-electron chi connectivity index (χ2n) is 8.33. The van der Waals surface area contributed by atoms with E-state index in [9.17, 15) is 9.59 Å². The first-order valence-corrected chi connectivity index (χ1v) is 13.4. The van der Waals surface area contributed by atoms with Crippen LogP contribution in [0.3, 0.4) is 0 Å². The minimum absolute atomic E-state index is 0.168. The van der Waals surface area contributed by atoms with Crippen LogP contribution in [0.5, 0.6) is 0 Å². The number of hydrogen-bond donors (Lipinski definition) is 0. The van der Waals surface area contributed by atoms with Crippen LogP contribution in [-0.2, 0) is 9.59 Å². The molecule has 2 heterocycles. The zero-order chi connectivity index (χ0) is 18.5. The van der Waals surface area contributed by atoms with Gasteiger partial charge in [0.15, 0.2) is 0 Å². The molecule has 1 unspecified atom stereocenters. The molecule has 1 amide bonds. The predicted molar refractivity (Wildman–Crippen MR) is 99.4 cm³/mol. The van der Waals surface area contributed by atoms with Gasteiger partial charge in [-0.25, -0.2) is 0 Å². The van der Waals surface area contributed by atoms with Crippen LogP contribution in [0.25, 0.3) is 0 Å². The molecule has 2 aliphatic heterocycles. The Morgan fingerprint density at radius 1 is 0.923 bits per heavy atom. The fourth-order valence-corrected chi connectivity index (χ4v) is 6.26. The molecule has 0 N–H and O–H groups in total. The Morgan fingerprint density at radius 3 is 2.19 bits per heavy atom. The third-order valence-electron chi connectivity index (χ3n) is 6.56. The molecule has 0 aromatic rings. The third-order valence-corrected chi connectivity index (χ3v) is 8.88. The zero-order valence-electron chi connectivity index (χ0n) is 16.5. The molecule has 3 fully saturated rings. The van der Waals surface area contributed by atoms with Crippen LogP contribution in [0.1, 0.15) is 45.4 Å². The van der Waals surface area contributed by atoms with Crippen molar-refractivity contribution in [1.82, 2.24) is 12.9 Å². The summed E-state index contributed by atoms with van der Waals surface area (Å²) in [6.45, 7) is 9.63. The Morgan fingerprint density at radius 2 is 1.58 bits per heavy atom. The fourth-order valence-electron chi connectivity index (χ4n) is 4.86. The van der Waals surface area contributed by atoms with Gasteiger partial charge in [0.1, 0.15) is 5.78 Å². The van der Waals surface area contributed by atoms with Gasteiger partial charge in [0.05, 0.1) is 0 Å². The van der Waals surface area contributed by atoms with Crippen molar-refractivity contribution in [2.75, 3.05) is 50.7 Å². The summed E-state index contributed by atoms with van der Waals surface area (Å²) in [4.78, 5) is 31.6. The summed E-state index contributed by atoms with van der Waals surface area (Å²) in [7, 11) is 0. The van der Waals surface area contributed by atoms with Crippen LogP contribution in [0.2, 0.25) is 0 Å². The monoisotopic (exact) mass is 476 g/mol. The van der Waals surface area contributed by atoms with Crippen molar-refractivity contribution in [2.24, 2.45) is 17.8 Å². The number of nitrogens with zero attached hydrogens (tertiary/aromatic N) is 3. The summed E-state index contributed by atoms with van der Waals surface area (Å²) >= 11 is 0.247. The van der Waals surface area contributed by atoms with Crippen molar-refractivity contribution in [2.45, 2.75) is 45.4 Å². The van der Waals surface area contributed by atoms with E-state index < -0.39 is 0 Å². The summed E-state index contributed by atoms with van der Waals surface area (Å²) in [6, 6.07) is 0. The average molecular weight is 476 g/mol. The summed E-state index contributed by atoms with van der Waals surface area (Å²) < 4.78 is 2.63. The molecule has 0 aromatic heterocycles. The van der Waals surface area contributed by atoms with Crippen molar-refractivity contribution in [3.05, 3.63) is 0 Å². The van der Waals surface area contributed by atoms with Gasteiger partial charge < -0.3 is 0 Å². The number of piperazine rings is 1. The maximum atomic E-state index is 13.0. The van der Waals surface area contributed by atoms with Crippen LogP contribution in [0.4, 0.5) is 0 Å². The number of ketones is 1. The van der Waals surface area contributed by atoms with Gasteiger partial charge in [-0.2, -0.15) is 0 Å². The van der Waals surface area contributed by atoms with Crippen LogP contribution >= 0.6 is 0 Å². The Kier molecular flexibility index (Phi) is 7.75. The number of likely N-dealkylation sites (tertiary alicyclic amines) is 1. The van der Waals surface area contributed by atoms with Crippen LogP contribution in [0.15, 0.2) is 0 Å². The molecule has 1 aliphatic carbocycles. The number of carbonyl (C=O) groups is 2. The van der Waals surface area contributed by atoms with Crippen molar-refractivity contribution in [1.29, 1.82) is 0 Å². The van der Waals surface area contributed by atoms with Crippen LogP contribution < -0.4 is 21.5 Å². The minimum atomic E-state index is 0.168. The molecular formula is C20H35IN3O2-. The average Bonchev–Trinajstić information content (AvgIpc) is 2.68. The van der Waals surface area contributed by atoms with Crippen molar-refractivity contribution in [3.8, 4) is 0 Å². The first kappa shape index (κ1) is 20.5. The van der Waals surface area contributed by atoms with Gasteiger partial charge in [0.25, 0.3) is 0 Å². The molecule has 1 atom stereocenters. The van der Waals surface area contributed by atoms with E-state index in [-0.39, 0.29) is 33.3 Å². The van der Waals surface area contributed by atoms with E-state index in [0.29, 0.717) is 17.6 Å². The zero-order valence-corrected chi connectivity index (χ0v) is 18.6. The van der Waals surface area contributed by atoms with Gasteiger partial charge in [-0.05, 0) is 6.92 Å². The van der Waals surface area contributed by atoms with Crippen molar-refractivity contribution >= 4 is 11.7 Å². The van der Waals surface area contributed by atoms with E-state index in [1.807, 2.05) is 0 Å².